The Hall–Kier alpha value is -7.11. The standard InChI is InChI=1S/C47H31N5/c1-2-11-33(12-3-1)44-31-36(47-51-45(34-23-27-48-28-24-34)50-46(52-47)35-25-29-49-30-26-35)21-22-43(44)42-19-9-8-18-41(42)40-17-7-6-16-39(40)38-20-10-14-32-13-4-5-15-37(32)38/h1-31H. The molecule has 0 spiro atoms. The lowest BCUT2D eigenvalue weighted by molar-refractivity contribution is 1.07. The van der Waals surface area contributed by atoms with Gasteiger partial charge in [-0.2, -0.15) is 0 Å². The average molecular weight is 666 g/mol. The van der Waals surface area contributed by atoms with Crippen molar-refractivity contribution in [3.8, 4) is 78.7 Å². The molecule has 0 radical (unpaired) electrons. The first-order valence-corrected chi connectivity index (χ1v) is 17.2. The van der Waals surface area contributed by atoms with Crippen LogP contribution in [0.2, 0.25) is 0 Å². The van der Waals surface area contributed by atoms with Crippen molar-refractivity contribution < 1.29 is 0 Å². The predicted octanol–water partition coefficient (Wildman–Crippen LogP) is 11.5. The summed E-state index contributed by atoms with van der Waals surface area (Å²) in [4.78, 5) is 23.3. The summed E-state index contributed by atoms with van der Waals surface area (Å²) < 4.78 is 0. The molecule has 9 rings (SSSR count). The third kappa shape index (κ3) is 5.91. The fourth-order valence-corrected chi connectivity index (χ4v) is 6.91. The highest BCUT2D eigenvalue weighted by Crippen LogP contribution is 2.43. The molecule has 0 fully saturated rings. The number of pyridine rings is 2. The van der Waals surface area contributed by atoms with Crippen molar-refractivity contribution in [2.24, 2.45) is 0 Å². The van der Waals surface area contributed by atoms with Gasteiger partial charge in [-0.1, -0.05) is 133 Å². The number of fused-ring (bicyclic) bond motifs is 1. The summed E-state index contributed by atoms with van der Waals surface area (Å²) in [5.41, 5.74) is 11.8. The maximum atomic E-state index is 5.01. The van der Waals surface area contributed by atoms with Crippen LogP contribution in [0.5, 0.6) is 0 Å². The fraction of sp³-hybridized carbons (Fsp3) is 0. The fourth-order valence-electron chi connectivity index (χ4n) is 6.91. The molecule has 3 heterocycles. The molecule has 5 nitrogen and oxygen atoms in total. The normalized spacial score (nSPS) is 11.1. The van der Waals surface area contributed by atoms with Gasteiger partial charge in [0.25, 0.3) is 0 Å². The lowest BCUT2D eigenvalue weighted by Crippen LogP contribution is -2.01. The summed E-state index contributed by atoms with van der Waals surface area (Å²) in [6.45, 7) is 0. The van der Waals surface area contributed by atoms with Crippen LogP contribution in [-0.4, -0.2) is 24.9 Å². The van der Waals surface area contributed by atoms with E-state index in [0.717, 1.165) is 44.5 Å². The zero-order chi connectivity index (χ0) is 34.7. The third-order valence-electron chi connectivity index (χ3n) is 9.39. The molecule has 0 saturated heterocycles. The molecular weight excluding hydrogens is 635 g/mol. The molecular formula is C47H31N5. The summed E-state index contributed by atoms with van der Waals surface area (Å²) >= 11 is 0. The van der Waals surface area contributed by atoms with Crippen LogP contribution in [0.4, 0.5) is 0 Å². The van der Waals surface area contributed by atoms with Gasteiger partial charge in [-0.3, -0.25) is 9.97 Å². The molecule has 244 valence electrons. The molecule has 0 aliphatic carbocycles. The molecule has 0 atom stereocenters. The van der Waals surface area contributed by atoms with Gasteiger partial charge in [-0.25, -0.2) is 15.0 Å². The zero-order valence-corrected chi connectivity index (χ0v) is 28.1. The molecule has 0 aliphatic heterocycles. The first-order chi connectivity index (χ1) is 25.8. The lowest BCUT2D eigenvalue weighted by atomic mass is 9.85. The van der Waals surface area contributed by atoms with E-state index in [0.29, 0.717) is 17.5 Å². The van der Waals surface area contributed by atoms with Crippen molar-refractivity contribution in [1.82, 2.24) is 24.9 Å². The molecule has 5 heteroatoms. The number of benzene rings is 6. The van der Waals surface area contributed by atoms with E-state index in [1.807, 2.05) is 24.3 Å². The smallest absolute Gasteiger partial charge is 0.164 e. The summed E-state index contributed by atoms with van der Waals surface area (Å²) in [6.07, 6.45) is 7.01. The number of hydrogen-bond acceptors (Lipinski definition) is 5. The van der Waals surface area contributed by atoms with E-state index in [1.165, 1.54) is 27.5 Å². The molecule has 0 saturated carbocycles. The van der Waals surface area contributed by atoms with Gasteiger partial charge >= 0.3 is 0 Å². The van der Waals surface area contributed by atoms with Crippen molar-refractivity contribution >= 4 is 10.8 Å². The second-order valence-corrected chi connectivity index (χ2v) is 12.5. The van der Waals surface area contributed by atoms with Crippen molar-refractivity contribution in [2.75, 3.05) is 0 Å². The molecule has 9 aromatic rings. The number of nitrogens with zero attached hydrogens (tertiary/aromatic N) is 5. The first-order valence-electron chi connectivity index (χ1n) is 17.2. The van der Waals surface area contributed by atoms with E-state index in [2.05, 4.69) is 149 Å². The minimum absolute atomic E-state index is 0.583. The van der Waals surface area contributed by atoms with Crippen molar-refractivity contribution in [2.45, 2.75) is 0 Å². The maximum Gasteiger partial charge on any atom is 0.164 e. The average Bonchev–Trinajstić information content (AvgIpc) is 3.24. The molecule has 3 aromatic heterocycles. The van der Waals surface area contributed by atoms with E-state index >= 15 is 0 Å². The van der Waals surface area contributed by atoms with E-state index < -0.39 is 0 Å². The quantitative estimate of drug-likeness (QED) is 0.169. The van der Waals surface area contributed by atoms with E-state index in [1.54, 1.807) is 24.8 Å². The van der Waals surface area contributed by atoms with Crippen LogP contribution in [0.3, 0.4) is 0 Å². The Bertz CT molecular complexity index is 2610. The van der Waals surface area contributed by atoms with Gasteiger partial charge < -0.3 is 0 Å². The molecule has 0 bridgehead atoms. The third-order valence-corrected chi connectivity index (χ3v) is 9.39. The Balaban J connectivity index is 1.24. The number of hydrogen-bond donors (Lipinski definition) is 0. The number of aromatic nitrogens is 5. The second kappa shape index (κ2) is 13.7. The van der Waals surface area contributed by atoms with Crippen LogP contribution >= 0.6 is 0 Å². The Morgan fingerprint density at radius 3 is 1.31 bits per heavy atom. The van der Waals surface area contributed by atoms with Crippen LogP contribution in [0, 0.1) is 0 Å². The van der Waals surface area contributed by atoms with Crippen LogP contribution in [-0.2, 0) is 0 Å². The summed E-state index contributed by atoms with van der Waals surface area (Å²) in [5, 5.41) is 2.46. The van der Waals surface area contributed by atoms with Crippen LogP contribution in [0.25, 0.3) is 89.4 Å². The molecule has 6 aromatic carbocycles. The van der Waals surface area contributed by atoms with E-state index in [4.69, 9.17) is 15.0 Å². The monoisotopic (exact) mass is 665 g/mol. The maximum absolute atomic E-state index is 5.01. The summed E-state index contributed by atoms with van der Waals surface area (Å²) in [6, 6.07) is 57.3. The van der Waals surface area contributed by atoms with Gasteiger partial charge in [-0.15, -0.1) is 0 Å². The highest BCUT2D eigenvalue weighted by atomic mass is 15.0. The SMILES string of the molecule is c1ccc(-c2cc(-c3nc(-c4ccncc4)nc(-c4ccncc4)n3)ccc2-c2ccccc2-c2ccccc2-c2cccc3ccccc23)cc1. The van der Waals surface area contributed by atoms with Crippen molar-refractivity contribution in [3.05, 3.63) is 189 Å². The predicted molar refractivity (Wildman–Crippen MR) is 211 cm³/mol. The number of rotatable bonds is 7. The topological polar surface area (TPSA) is 64.5 Å². The Morgan fingerprint density at radius 1 is 0.269 bits per heavy atom. The largest absolute Gasteiger partial charge is 0.265 e. The first kappa shape index (κ1) is 30.9. The van der Waals surface area contributed by atoms with Gasteiger partial charge in [0, 0.05) is 41.5 Å². The second-order valence-electron chi connectivity index (χ2n) is 12.5. The summed E-state index contributed by atoms with van der Waals surface area (Å²) in [5.74, 6) is 1.76. The lowest BCUT2D eigenvalue weighted by Gasteiger charge is -2.19. The van der Waals surface area contributed by atoms with Crippen LogP contribution in [0.15, 0.2) is 189 Å². The van der Waals surface area contributed by atoms with Gasteiger partial charge in [0.05, 0.1) is 0 Å². The Kier molecular flexibility index (Phi) is 8.12. The summed E-state index contributed by atoms with van der Waals surface area (Å²) in [7, 11) is 0. The molecule has 0 N–H and O–H groups in total. The minimum Gasteiger partial charge on any atom is -0.265 e. The molecule has 0 amide bonds. The van der Waals surface area contributed by atoms with E-state index in [9.17, 15) is 0 Å². The van der Waals surface area contributed by atoms with Crippen LogP contribution < -0.4 is 0 Å². The van der Waals surface area contributed by atoms with Gasteiger partial charge in [0.2, 0.25) is 0 Å². The van der Waals surface area contributed by atoms with E-state index in [-0.39, 0.29) is 0 Å². The van der Waals surface area contributed by atoms with Gasteiger partial charge in [-0.05, 0) is 85.6 Å². The van der Waals surface area contributed by atoms with Crippen LogP contribution in [0.1, 0.15) is 0 Å². The van der Waals surface area contributed by atoms with Gasteiger partial charge in [0.15, 0.2) is 17.5 Å². The Labute approximate surface area is 302 Å². The molecule has 52 heavy (non-hydrogen) atoms. The molecule has 0 unspecified atom stereocenters. The minimum atomic E-state index is 0.583. The zero-order valence-electron chi connectivity index (χ0n) is 28.1. The van der Waals surface area contributed by atoms with Crippen molar-refractivity contribution in [1.29, 1.82) is 0 Å². The van der Waals surface area contributed by atoms with Crippen molar-refractivity contribution in [3.63, 3.8) is 0 Å². The Morgan fingerprint density at radius 2 is 0.712 bits per heavy atom. The molecule has 0 aliphatic rings. The highest BCUT2D eigenvalue weighted by Gasteiger charge is 2.19. The highest BCUT2D eigenvalue weighted by molar-refractivity contribution is 6.03. The van der Waals surface area contributed by atoms with Gasteiger partial charge in [0.1, 0.15) is 0 Å².